The lowest BCUT2D eigenvalue weighted by molar-refractivity contribution is -0.297. The van der Waals surface area contributed by atoms with Crippen molar-refractivity contribution in [1.82, 2.24) is 5.06 Å². The van der Waals surface area contributed by atoms with Gasteiger partial charge in [0.05, 0.1) is 19.3 Å². The van der Waals surface area contributed by atoms with Crippen LogP contribution in [0.15, 0.2) is 12.2 Å². The largest absolute Gasteiger partial charge is 0.469 e. The first-order valence-corrected chi connectivity index (χ1v) is 19.7. The maximum Gasteiger partial charge on any atom is 0.305 e. The summed E-state index contributed by atoms with van der Waals surface area (Å²) < 4.78 is 11.6. The van der Waals surface area contributed by atoms with Crippen molar-refractivity contribution in [3.05, 3.63) is 12.2 Å². The number of ether oxygens (including phenoxy) is 1. The molecule has 1 saturated heterocycles. The number of carbonyl (C=O) groups excluding carboxylic acids is 2. The van der Waals surface area contributed by atoms with Crippen molar-refractivity contribution in [3.63, 3.8) is 0 Å². The van der Waals surface area contributed by atoms with Gasteiger partial charge >= 0.3 is 5.97 Å². The third-order valence-electron chi connectivity index (χ3n) is 9.88. The van der Waals surface area contributed by atoms with E-state index in [-0.39, 0.29) is 51.9 Å². The number of hydroxylamine groups is 2. The molecule has 7 heteroatoms. The number of hydrogen-bond acceptors (Lipinski definition) is 6. The Hall–Kier alpha value is -1.46. The highest BCUT2D eigenvalue weighted by Crippen LogP contribution is 2.43. The summed E-state index contributed by atoms with van der Waals surface area (Å²) in [5.74, 6) is 6.26. The third-order valence-corrected chi connectivity index (χ3v) is 14.4. The summed E-state index contributed by atoms with van der Waals surface area (Å²) in [6, 6.07) is 0. The molecule has 2 rings (SSSR count). The molecule has 2 aliphatic rings. The molecular weight excluding hydrogens is 554 g/mol. The van der Waals surface area contributed by atoms with Gasteiger partial charge in [-0.15, -0.1) is 11.8 Å². The van der Waals surface area contributed by atoms with Gasteiger partial charge in [-0.25, -0.2) is 0 Å². The molecule has 246 valence electrons. The summed E-state index contributed by atoms with van der Waals surface area (Å²) in [7, 11) is -0.689. The summed E-state index contributed by atoms with van der Waals surface area (Å²) in [5.41, 5.74) is -0.0796. The van der Waals surface area contributed by atoms with Gasteiger partial charge in [-0.05, 0) is 77.9 Å². The monoisotopic (exact) mass is 617 g/mol. The zero-order valence-corrected chi connectivity index (χ0v) is 30.4. The van der Waals surface area contributed by atoms with E-state index in [9.17, 15) is 9.59 Å². The van der Waals surface area contributed by atoms with E-state index in [0.29, 0.717) is 32.1 Å². The molecule has 1 heterocycles. The summed E-state index contributed by atoms with van der Waals surface area (Å²) >= 11 is 0. The van der Waals surface area contributed by atoms with Crippen LogP contribution in [-0.2, 0) is 23.6 Å². The summed E-state index contributed by atoms with van der Waals surface area (Å²) in [5, 5.41) is 2.32. The summed E-state index contributed by atoms with van der Waals surface area (Å²) in [6.07, 6.45) is 14.7. The Bertz CT molecular complexity index is 983. The fourth-order valence-corrected chi connectivity index (χ4v) is 7.62. The van der Waals surface area contributed by atoms with Gasteiger partial charge in [-0.1, -0.05) is 59.1 Å². The van der Waals surface area contributed by atoms with Gasteiger partial charge in [0.15, 0.2) is 8.32 Å². The maximum atomic E-state index is 13.5. The van der Waals surface area contributed by atoms with Gasteiger partial charge in [-0.2, -0.15) is 5.06 Å². The van der Waals surface area contributed by atoms with E-state index in [0.717, 1.165) is 32.1 Å². The highest BCUT2D eigenvalue weighted by molar-refractivity contribution is 6.74. The summed E-state index contributed by atoms with van der Waals surface area (Å²) in [4.78, 5) is 31.8. The van der Waals surface area contributed by atoms with Crippen molar-refractivity contribution in [2.24, 2.45) is 11.8 Å². The van der Waals surface area contributed by atoms with Crippen LogP contribution < -0.4 is 0 Å². The second-order valence-electron chi connectivity index (χ2n) is 15.6. The molecule has 4 atom stereocenters. The number of Topliss-reactive ketones (excluding diaryl/α,β-unsaturated/α-hetero) is 1. The Kier molecular flexibility index (Phi) is 14.2. The molecule has 1 saturated carbocycles. The fraction of sp³-hybridized carbons (Fsp3) is 0.833. The van der Waals surface area contributed by atoms with Crippen LogP contribution in [0.1, 0.15) is 132 Å². The van der Waals surface area contributed by atoms with Crippen LogP contribution in [0, 0.1) is 23.7 Å². The number of rotatable bonds is 14. The van der Waals surface area contributed by atoms with Gasteiger partial charge in [0.25, 0.3) is 0 Å². The minimum absolute atomic E-state index is 0.0364. The quantitative estimate of drug-likeness (QED) is 0.0638. The number of piperidine rings is 1. The highest BCUT2D eigenvalue weighted by Gasteiger charge is 2.47. The van der Waals surface area contributed by atoms with E-state index >= 15 is 0 Å². The van der Waals surface area contributed by atoms with E-state index in [1.165, 1.54) is 20.0 Å². The van der Waals surface area contributed by atoms with Crippen LogP contribution >= 0.6 is 0 Å². The third kappa shape index (κ3) is 11.1. The SMILES string of the molecule is CCCCC[C@H](/C=C/[C@@H]1[C@H](CC#CCCCC(=O)OC)C(=O)C[C@H]1O[Si](C)(C)C(C)(C)C)ON1C(C)(C)CCCC1(C)C. The second kappa shape index (κ2) is 16.2. The molecule has 6 nitrogen and oxygen atoms in total. The van der Waals surface area contributed by atoms with Crippen molar-refractivity contribution < 1.29 is 23.6 Å². The Morgan fingerprint density at radius 3 is 2.33 bits per heavy atom. The zero-order chi connectivity index (χ0) is 32.5. The molecule has 0 spiro atoms. The van der Waals surface area contributed by atoms with Crippen molar-refractivity contribution >= 4 is 20.1 Å². The van der Waals surface area contributed by atoms with E-state index in [1.54, 1.807) is 0 Å². The number of ketones is 1. The van der Waals surface area contributed by atoms with Gasteiger partial charge in [0, 0.05) is 48.6 Å². The first kappa shape index (κ1) is 37.7. The highest BCUT2D eigenvalue weighted by atomic mass is 28.4. The van der Waals surface area contributed by atoms with E-state index < -0.39 is 8.32 Å². The molecule has 0 radical (unpaired) electrons. The van der Waals surface area contributed by atoms with E-state index in [1.807, 2.05) is 0 Å². The topological polar surface area (TPSA) is 65.1 Å². The molecule has 43 heavy (non-hydrogen) atoms. The average Bonchev–Trinajstić information content (AvgIpc) is 3.17. The maximum absolute atomic E-state index is 13.5. The lowest BCUT2D eigenvalue weighted by atomic mass is 9.82. The zero-order valence-electron chi connectivity index (χ0n) is 29.4. The Labute approximate surface area is 265 Å². The van der Waals surface area contributed by atoms with Gasteiger partial charge in [0.1, 0.15) is 5.78 Å². The number of esters is 1. The van der Waals surface area contributed by atoms with Crippen LogP contribution in [0.5, 0.6) is 0 Å². The Morgan fingerprint density at radius 1 is 1.09 bits per heavy atom. The van der Waals surface area contributed by atoms with Crippen molar-refractivity contribution in [2.75, 3.05) is 7.11 Å². The molecule has 0 bridgehead atoms. The second-order valence-corrected chi connectivity index (χ2v) is 20.3. The van der Waals surface area contributed by atoms with E-state index in [4.69, 9.17) is 14.0 Å². The van der Waals surface area contributed by atoms with Crippen LogP contribution in [0.4, 0.5) is 0 Å². The Morgan fingerprint density at radius 2 is 1.74 bits per heavy atom. The number of nitrogens with zero attached hydrogens (tertiary/aromatic N) is 1. The molecule has 2 fully saturated rings. The molecule has 1 aliphatic heterocycles. The predicted octanol–water partition coefficient (Wildman–Crippen LogP) is 8.80. The number of hydrogen-bond donors (Lipinski definition) is 0. The van der Waals surface area contributed by atoms with Crippen molar-refractivity contribution in [2.45, 2.75) is 174 Å². The molecular formula is C36H63NO5Si. The number of methoxy groups -OCH3 is 1. The smallest absolute Gasteiger partial charge is 0.305 e. The van der Waals surface area contributed by atoms with Crippen molar-refractivity contribution in [3.8, 4) is 11.8 Å². The standard InChI is InChI=1S/C36H63NO5Si/c1-12-13-16-20-28(41-37-35(5,6)25-19-26-36(37,7)8)23-24-30-29(21-17-14-15-18-22-33(39)40-9)31(38)27-32(30)42-43(10,11)34(2,3)4/h23-24,28-30,32H,12-13,15-16,18-22,25-27H2,1-11H3/b24-23+/t28-,29+,30-,32-/m1/s1. The fourth-order valence-electron chi connectivity index (χ4n) is 6.27. The summed E-state index contributed by atoms with van der Waals surface area (Å²) in [6.45, 7) is 22.7. The lowest BCUT2D eigenvalue weighted by Crippen LogP contribution is -2.59. The minimum Gasteiger partial charge on any atom is -0.469 e. The first-order valence-electron chi connectivity index (χ1n) is 16.8. The molecule has 0 aromatic carbocycles. The predicted molar refractivity (Wildman–Crippen MR) is 179 cm³/mol. The molecule has 0 aromatic rings. The molecule has 0 N–H and O–H groups in total. The molecule has 1 aliphatic carbocycles. The molecule has 0 unspecified atom stereocenters. The molecule has 0 amide bonds. The first-order chi connectivity index (χ1) is 19.9. The van der Waals surface area contributed by atoms with Gasteiger partial charge in [0.2, 0.25) is 0 Å². The van der Waals surface area contributed by atoms with Gasteiger partial charge < -0.3 is 9.16 Å². The van der Waals surface area contributed by atoms with Crippen LogP contribution in [0.25, 0.3) is 0 Å². The average molecular weight is 618 g/mol. The normalized spacial score (nSPS) is 25.0. The minimum atomic E-state index is -2.10. The van der Waals surface area contributed by atoms with Gasteiger partial charge in [-0.3, -0.25) is 14.4 Å². The van der Waals surface area contributed by atoms with Crippen LogP contribution in [-0.4, -0.2) is 55.5 Å². The lowest BCUT2D eigenvalue weighted by Gasteiger charge is -2.52. The van der Waals surface area contributed by atoms with E-state index in [2.05, 4.69) is 97.5 Å². The number of unbranched alkanes of at least 4 members (excludes halogenated alkanes) is 3. The molecule has 0 aromatic heterocycles. The Balaban J connectivity index is 2.33. The number of carbonyl (C=O) groups is 2. The van der Waals surface area contributed by atoms with Crippen molar-refractivity contribution in [1.29, 1.82) is 0 Å². The van der Waals surface area contributed by atoms with Crippen LogP contribution in [0.2, 0.25) is 18.1 Å². The van der Waals surface area contributed by atoms with Crippen LogP contribution in [0.3, 0.4) is 0 Å².